The third-order valence-corrected chi connectivity index (χ3v) is 7.94. The van der Waals surface area contributed by atoms with Crippen LogP contribution in [0, 0.1) is 0 Å². The molecule has 194 valence electrons. The van der Waals surface area contributed by atoms with Crippen LogP contribution in [0.1, 0.15) is 39.7 Å². The molecule has 0 saturated carbocycles. The molecule has 37 heavy (non-hydrogen) atoms. The van der Waals surface area contributed by atoms with Crippen LogP contribution in [0.2, 0.25) is 0 Å². The molecule has 0 bridgehead atoms. The molecule has 1 fully saturated rings. The predicted octanol–water partition coefficient (Wildman–Crippen LogP) is 4.58. The number of carbonyl (C=O) groups is 2. The number of nitrogens with zero attached hydrogens (tertiary/aromatic N) is 2. The molecule has 0 radical (unpaired) electrons. The van der Waals surface area contributed by atoms with Gasteiger partial charge in [-0.2, -0.15) is 0 Å². The van der Waals surface area contributed by atoms with E-state index in [0.29, 0.717) is 37.6 Å². The van der Waals surface area contributed by atoms with Crippen molar-refractivity contribution >= 4 is 23.2 Å². The van der Waals surface area contributed by atoms with Crippen molar-refractivity contribution in [1.82, 2.24) is 9.80 Å². The van der Waals surface area contributed by atoms with Gasteiger partial charge in [-0.25, -0.2) is 0 Å². The van der Waals surface area contributed by atoms with E-state index in [-0.39, 0.29) is 30.5 Å². The average Bonchev–Trinajstić information content (AvgIpc) is 3.64. The highest BCUT2D eigenvalue weighted by Crippen LogP contribution is 2.34. The number of hydrogen-bond acceptors (Lipinski definition) is 6. The minimum Gasteiger partial charge on any atom is -0.497 e. The molecule has 0 aliphatic carbocycles. The van der Waals surface area contributed by atoms with Crippen molar-refractivity contribution in [3.63, 3.8) is 0 Å². The van der Waals surface area contributed by atoms with Crippen molar-refractivity contribution in [2.75, 3.05) is 40.0 Å². The summed E-state index contributed by atoms with van der Waals surface area (Å²) in [4.78, 5) is 32.2. The molecule has 8 heteroatoms. The van der Waals surface area contributed by atoms with E-state index in [1.165, 1.54) is 4.88 Å². The van der Waals surface area contributed by atoms with Gasteiger partial charge in [0, 0.05) is 30.1 Å². The minimum atomic E-state index is -0.209. The fourth-order valence-electron chi connectivity index (χ4n) is 5.01. The maximum absolute atomic E-state index is 13.8. The van der Waals surface area contributed by atoms with Gasteiger partial charge in [-0.3, -0.25) is 9.59 Å². The number of rotatable bonds is 9. The van der Waals surface area contributed by atoms with E-state index in [1.807, 2.05) is 35.2 Å². The Bertz CT molecular complexity index is 1210. The summed E-state index contributed by atoms with van der Waals surface area (Å²) in [6.45, 7) is 2.00. The molecular formula is C29H32N2O5S. The normalized spacial score (nSPS) is 18.8. The summed E-state index contributed by atoms with van der Waals surface area (Å²) in [5, 5.41) is 2.07. The Kier molecular flexibility index (Phi) is 8.06. The number of carbonyl (C=O) groups excluding carboxylic acids is 2. The molecule has 3 aromatic rings. The number of ether oxygens (including phenoxy) is 3. The smallest absolute Gasteiger partial charge is 0.254 e. The molecule has 0 spiro atoms. The van der Waals surface area contributed by atoms with Crippen molar-refractivity contribution in [1.29, 1.82) is 0 Å². The highest BCUT2D eigenvalue weighted by Gasteiger charge is 2.34. The first-order valence-corrected chi connectivity index (χ1v) is 13.6. The summed E-state index contributed by atoms with van der Waals surface area (Å²) in [7, 11) is 1.57. The first-order chi connectivity index (χ1) is 18.1. The number of amides is 2. The minimum absolute atomic E-state index is 0.0167. The summed E-state index contributed by atoms with van der Waals surface area (Å²) >= 11 is 1.72. The Labute approximate surface area is 221 Å². The van der Waals surface area contributed by atoms with E-state index in [1.54, 1.807) is 47.6 Å². The van der Waals surface area contributed by atoms with Crippen LogP contribution in [-0.2, 0) is 16.0 Å². The van der Waals surface area contributed by atoms with Crippen LogP contribution in [-0.4, -0.2) is 67.7 Å². The molecular weight excluding hydrogens is 488 g/mol. The number of hydrogen-bond donors (Lipinski definition) is 0. The van der Waals surface area contributed by atoms with E-state index in [9.17, 15) is 9.59 Å². The molecule has 2 aromatic carbocycles. The lowest BCUT2D eigenvalue weighted by Crippen LogP contribution is -2.49. The predicted molar refractivity (Wildman–Crippen MR) is 142 cm³/mol. The van der Waals surface area contributed by atoms with E-state index in [0.717, 1.165) is 30.6 Å². The zero-order valence-electron chi connectivity index (χ0n) is 21.0. The van der Waals surface area contributed by atoms with Gasteiger partial charge in [0.05, 0.1) is 19.3 Å². The number of fused-ring (bicyclic) bond motifs is 1. The highest BCUT2D eigenvalue weighted by atomic mass is 32.1. The molecule has 3 heterocycles. The molecule has 2 aliphatic rings. The standard InChI is InChI=1S/C29H32N2O5S/c1-34-23-10-5-7-21(17-23)29(33)30(18-24-11-6-15-35-24)19-28(32)31-14-12-27-25(13-16-37-27)26(31)20-36-22-8-3-2-4-9-22/h2-5,7-10,13,16-17,24,26H,6,11-12,14-15,18-20H2,1H3/t24-,26-/m0/s1. The third kappa shape index (κ3) is 5.97. The summed E-state index contributed by atoms with van der Waals surface area (Å²) in [6, 6.07) is 18.6. The summed E-state index contributed by atoms with van der Waals surface area (Å²) in [5.74, 6) is 1.08. The second-order valence-electron chi connectivity index (χ2n) is 9.33. The van der Waals surface area contributed by atoms with E-state index < -0.39 is 0 Å². The second kappa shape index (κ2) is 11.8. The van der Waals surface area contributed by atoms with Crippen molar-refractivity contribution in [3.05, 3.63) is 82.0 Å². The van der Waals surface area contributed by atoms with Crippen LogP contribution in [0.4, 0.5) is 0 Å². The van der Waals surface area contributed by atoms with Gasteiger partial charge in [0.2, 0.25) is 5.91 Å². The first-order valence-electron chi connectivity index (χ1n) is 12.7. The van der Waals surface area contributed by atoms with Crippen molar-refractivity contribution in [2.24, 2.45) is 0 Å². The average molecular weight is 521 g/mol. The van der Waals surface area contributed by atoms with E-state index >= 15 is 0 Å². The molecule has 0 N–H and O–H groups in total. The fourth-order valence-corrected chi connectivity index (χ4v) is 5.94. The van der Waals surface area contributed by atoms with Gasteiger partial charge < -0.3 is 24.0 Å². The largest absolute Gasteiger partial charge is 0.497 e. The lowest BCUT2D eigenvalue weighted by atomic mass is 10.00. The Balaban J connectivity index is 1.36. The SMILES string of the molecule is COc1cccc(C(=O)N(CC(=O)N2CCc3sccc3[C@@H]2COc2ccccc2)C[C@@H]2CCCO2)c1. The Morgan fingerprint density at radius 1 is 1.11 bits per heavy atom. The third-order valence-electron chi connectivity index (χ3n) is 6.94. The summed E-state index contributed by atoms with van der Waals surface area (Å²) in [6.07, 6.45) is 2.58. The zero-order valence-corrected chi connectivity index (χ0v) is 21.8. The maximum atomic E-state index is 13.8. The summed E-state index contributed by atoms with van der Waals surface area (Å²) in [5.41, 5.74) is 1.62. The van der Waals surface area contributed by atoms with Gasteiger partial charge in [-0.1, -0.05) is 24.3 Å². The molecule has 2 aliphatic heterocycles. The molecule has 1 saturated heterocycles. The van der Waals surface area contributed by atoms with Crippen LogP contribution >= 0.6 is 11.3 Å². The van der Waals surface area contributed by atoms with E-state index in [4.69, 9.17) is 14.2 Å². The number of methoxy groups -OCH3 is 1. The van der Waals surface area contributed by atoms with Gasteiger partial charge in [0.1, 0.15) is 24.7 Å². The van der Waals surface area contributed by atoms with Gasteiger partial charge in [-0.15, -0.1) is 11.3 Å². The molecule has 2 atom stereocenters. The molecule has 2 amide bonds. The summed E-state index contributed by atoms with van der Waals surface area (Å²) < 4.78 is 17.2. The lowest BCUT2D eigenvalue weighted by Gasteiger charge is -2.37. The molecule has 0 unspecified atom stereocenters. The van der Waals surface area contributed by atoms with E-state index in [2.05, 4.69) is 11.4 Å². The Hall–Kier alpha value is -3.36. The Morgan fingerprint density at radius 2 is 1.95 bits per heavy atom. The van der Waals surface area contributed by atoms with Gasteiger partial charge in [-0.05, 0) is 66.6 Å². The van der Waals surface area contributed by atoms with Crippen LogP contribution in [0.25, 0.3) is 0 Å². The lowest BCUT2D eigenvalue weighted by molar-refractivity contribution is -0.135. The van der Waals surface area contributed by atoms with Crippen LogP contribution in [0.3, 0.4) is 0 Å². The second-order valence-corrected chi connectivity index (χ2v) is 10.3. The highest BCUT2D eigenvalue weighted by molar-refractivity contribution is 7.10. The van der Waals surface area contributed by atoms with Crippen molar-refractivity contribution < 1.29 is 23.8 Å². The van der Waals surface area contributed by atoms with Crippen LogP contribution < -0.4 is 9.47 Å². The molecule has 7 nitrogen and oxygen atoms in total. The molecule has 5 rings (SSSR count). The van der Waals surface area contributed by atoms with Crippen molar-refractivity contribution in [3.8, 4) is 11.5 Å². The first kappa shape index (κ1) is 25.3. The maximum Gasteiger partial charge on any atom is 0.254 e. The molecule has 1 aromatic heterocycles. The van der Waals surface area contributed by atoms with Crippen LogP contribution in [0.5, 0.6) is 11.5 Å². The number of benzene rings is 2. The Morgan fingerprint density at radius 3 is 2.73 bits per heavy atom. The fraction of sp³-hybridized carbons (Fsp3) is 0.379. The van der Waals surface area contributed by atoms with Gasteiger partial charge in [0.25, 0.3) is 5.91 Å². The number of para-hydroxylation sites is 1. The zero-order chi connectivity index (χ0) is 25.6. The number of thiophene rings is 1. The quantitative estimate of drug-likeness (QED) is 0.413. The van der Waals surface area contributed by atoms with Gasteiger partial charge >= 0.3 is 0 Å². The van der Waals surface area contributed by atoms with Gasteiger partial charge in [0.15, 0.2) is 0 Å². The topological polar surface area (TPSA) is 68.3 Å². The van der Waals surface area contributed by atoms with Crippen LogP contribution in [0.15, 0.2) is 66.0 Å². The monoisotopic (exact) mass is 520 g/mol. The van der Waals surface area contributed by atoms with Crippen molar-refractivity contribution in [2.45, 2.75) is 31.4 Å².